The fourth-order valence-corrected chi connectivity index (χ4v) is 11.6. The number of esters is 3. The van der Waals surface area contributed by atoms with Crippen molar-refractivity contribution in [3.8, 4) is 0 Å². The quantitative estimate of drug-likeness (QED) is 0.0261. The van der Waals surface area contributed by atoms with Crippen molar-refractivity contribution in [1.82, 2.24) is 0 Å². The molecular weight excluding hydrogens is 1010 g/mol. The molecule has 484 valence electrons. The van der Waals surface area contributed by atoms with Crippen molar-refractivity contribution in [1.29, 1.82) is 0 Å². The molecule has 0 amide bonds. The average molecular weight is 1150 g/mol. The van der Waals surface area contributed by atoms with Crippen molar-refractivity contribution in [2.45, 2.75) is 431 Å². The van der Waals surface area contributed by atoms with Crippen molar-refractivity contribution in [2.75, 3.05) is 13.2 Å². The minimum atomic E-state index is -0.770. The molecule has 0 bridgehead atoms. The maximum atomic E-state index is 13.0. The zero-order valence-corrected chi connectivity index (χ0v) is 55.8. The first-order chi connectivity index (χ1) is 40.5. The second kappa shape index (κ2) is 71.4. The minimum absolute atomic E-state index is 0.0653. The van der Waals surface area contributed by atoms with E-state index in [1.165, 1.54) is 327 Å². The number of allylic oxidation sites excluding steroid dienone is 4. The first-order valence-electron chi connectivity index (χ1n) is 37.3. The summed E-state index contributed by atoms with van der Waals surface area (Å²) in [4.78, 5) is 38.5. The molecule has 0 saturated carbocycles. The summed E-state index contributed by atoms with van der Waals surface area (Å²) in [7, 11) is 0. The van der Waals surface area contributed by atoms with Crippen LogP contribution in [0.4, 0.5) is 0 Å². The third-order valence-corrected chi connectivity index (χ3v) is 17.2. The molecule has 0 heterocycles. The SMILES string of the molecule is CCCCCCCCCC/C=C\CCCCCCCCCCCCCC(=O)OCC(COC(=O)CCCCCCCCCCCCCCCCCCCC)OC(=O)CCCCCCCCCCCCC/C=C\CCCCCCCCCC. The summed E-state index contributed by atoms with van der Waals surface area (Å²) in [5, 5.41) is 0. The highest BCUT2D eigenvalue weighted by Gasteiger charge is 2.20. The monoisotopic (exact) mass is 1150 g/mol. The van der Waals surface area contributed by atoms with Crippen LogP contribution >= 0.6 is 0 Å². The van der Waals surface area contributed by atoms with Crippen LogP contribution < -0.4 is 0 Å². The topological polar surface area (TPSA) is 78.9 Å². The lowest BCUT2D eigenvalue weighted by Crippen LogP contribution is -2.30. The van der Waals surface area contributed by atoms with E-state index in [0.717, 1.165) is 57.8 Å². The van der Waals surface area contributed by atoms with Crippen LogP contribution in [0.2, 0.25) is 0 Å². The Morgan fingerprint density at radius 2 is 0.402 bits per heavy atom. The van der Waals surface area contributed by atoms with Crippen molar-refractivity contribution in [3.05, 3.63) is 24.3 Å². The van der Waals surface area contributed by atoms with Crippen LogP contribution in [0, 0.1) is 0 Å². The molecule has 0 aromatic carbocycles. The molecule has 0 aromatic heterocycles. The lowest BCUT2D eigenvalue weighted by molar-refractivity contribution is -0.167. The van der Waals surface area contributed by atoms with Crippen molar-refractivity contribution in [2.24, 2.45) is 0 Å². The van der Waals surface area contributed by atoms with Gasteiger partial charge in [-0.3, -0.25) is 14.4 Å². The molecule has 82 heavy (non-hydrogen) atoms. The van der Waals surface area contributed by atoms with E-state index in [4.69, 9.17) is 14.2 Å². The molecule has 0 saturated heterocycles. The number of carbonyl (C=O) groups is 3. The Kier molecular flexibility index (Phi) is 69.5. The Hall–Kier alpha value is -2.11. The van der Waals surface area contributed by atoms with E-state index in [1.54, 1.807) is 0 Å². The normalized spacial score (nSPS) is 12.1. The Morgan fingerprint density at radius 1 is 0.232 bits per heavy atom. The Bertz CT molecular complexity index is 1320. The zero-order valence-electron chi connectivity index (χ0n) is 55.8. The Morgan fingerprint density at radius 3 is 0.610 bits per heavy atom. The van der Waals surface area contributed by atoms with E-state index >= 15 is 0 Å². The predicted octanol–water partition coefficient (Wildman–Crippen LogP) is 25.7. The second-order valence-corrected chi connectivity index (χ2v) is 25.6. The lowest BCUT2D eigenvalue weighted by Gasteiger charge is -2.18. The second-order valence-electron chi connectivity index (χ2n) is 25.6. The molecule has 0 N–H and O–H groups in total. The van der Waals surface area contributed by atoms with Crippen molar-refractivity contribution in [3.63, 3.8) is 0 Å². The van der Waals surface area contributed by atoms with Crippen molar-refractivity contribution < 1.29 is 28.6 Å². The van der Waals surface area contributed by atoms with Gasteiger partial charge in [-0.1, -0.05) is 360 Å². The standard InChI is InChI=1S/C76H144O6/c1-4-7-10-13-16-19-22-25-28-31-34-36-38-40-42-45-48-51-54-57-60-63-66-69-75(78)81-72-73(71-80-74(77)68-65-62-59-56-53-50-47-44-33-30-27-24-21-18-15-12-9-6-3)82-76(79)70-67-64-61-58-55-52-49-46-43-41-39-37-35-32-29-26-23-20-17-14-11-8-5-2/h31-32,34-35,73H,4-30,33,36-72H2,1-3H3/b34-31-,35-32-. The predicted molar refractivity (Wildman–Crippen MR) is 358 cm³/mol. The molecule has 0 fully saturated rings. The summed E-state index contributed by atoms with van der Waals surface area (Å²) < 4.78 is 17.1. The third-order valence-electron chi connectivity index (χ3n) is 17.2. The van der Waals surface area contributed by atoms with E-state index < -0.39 is 6.10 Å². The minimum Gasteiger partial charge on any atom is -0.462 e. The van der Waals surface area contributed by atoms with Gasteiger partial charge in [-0.2, -0.15) is 0 Å². The fourth-order valence-electron chi connectivity index (χ4n) is 11.6. The molecule has 0 aromatic rings. The van der Waals surface area contributed by atoms with Gasteiger partial charge in [-0.05, 0) is 70.6 Å². The van der Waals surface area contributed by atoms with Gasteiger partial charge < -0.3 is 14.2 Å². The maximum absolute atomic E-state index is 13.0. The summed E-state index contributed by atoms with van der Waals surface area (Å²) in [5.41, 5.74) is 0. The van der Waals surface area contributed by atoms with E-state index in [2.05, 4.69) is 45.1 Å². The van der Waals surface area contributed by atoms with Gasteiger partial charge in [-0.25, -0.2) is 0 Å². The first-order valence-corrected chi connectivity index (χ1v) is 37.3. The summed E-state index contributed by atoms with van der Waals surface area (Å²) in [5.74, 6) is -0.831. The zero-order chi connectivity index (χ0) is 59.2. The van der Waals surface area contributed by atoms with E-state index in [-0.39, 0.29) is 31.1 Å². The van der Waals surface area contributed by atoms with Gasteiger partial charge in [0.25, 0.3) is 0 Å². The van der Waals surface area contributed by atoms with E-state index in [1.807, 2.05) is 0 Å². The molecule has 1 unspecified atom stereocenters. The molecule has 0 aliphatic heterocycles. The maximum Gasteiger partial charge on any atom is 0.306 e. The molecule has 0 spiro atoms. The number of hydrogen-bond donors (Lipinski definition) is 0. The number of ether oxygens (including phenoxy) is 3. The van der Waals surface area contributed by atoms with E-state index in [9.17, 15) is 14.4 Å². The number of rotatable bonds is 70. The van der Waals surface area contributed by atoms with Gasteiger partial charge in [0, 0.05) is 19.3 Å². The van der Waals surface area contributed by atoms with Crippen LogP contribution in [0.25, 0.3) is 0 Å². The molecule has 6 heteroatoms. The van der Waals surface area contributed by atoms with Crippen LogP contribution in [-0.4, -0.2) is 37.2 Å². The van der Waals surface area contributed by atoms with Gasteiger partial charge in [0.05, 0.1) is 0 Å². The summed E-state index contributed by atoms with van der Waals surface area (Å²) in [6.07, 6.45) is 87.8. The highest BCUT2D eigenvalue weighted by Crippen LogP contribution is 2.19. The van der Waals surface area contributed by atoms with Gasteiger partial charge in [0.15, 0.2) is 6.10 Å². The van der Waals surface area contributed by atoms with Gasteiger partial charge in [-0.15, -0.1) is 0 Å². The van der Waals surface area contributed by atoms with Crippen LogP contribution in [0.3, 0.4) is 0 Å². The third kappa shape index (κ3) is 68.7. The number of carbonyl (C=O) groups excluding carboxylic acids is 3. The number of hydrogen-bond acceptors (Lipinski definition) is 6. The smallest absolute Gasteiger partial charge is 0.306 e. The number of unbranched alkanes of at least 4 members (excludes halogenated alkanes) is 55. The average Bonchev–Trinajstić information content (AvgIpc) is 3.47. The van der Waals surface area contributed by atoms with Gasteiger partial charge in [0.1, 0.15) is 13.2 Å². The van der Waals surface area contributed by atoms with E-state index in [0.29, 0.717) is 19.3 Å². The molecule has 0 aliphatic carbocycles. The Labute approximate surface area is 513 Å². The Balaban J connectivity index is 4.29. The molecular formula is C76H144O6. The lowest BCUT2D eigenvalue weighted by atomic mass is 10.0. The van der Waals surface area contributed by atoms with Gasteiger partial charge >= 0.3 is 17.9 Å². The highest BCUT2D eigenvalue weighted by atomic mass is 16.6. The van der Waals surface area contributed by atoms with Crippen LogP contribution in [0.15, 0.2) is 24.3 Å². The largest absolute Gasteiger partial charge is 0.462 e. The van der Waals surface area contributed by atoms with Crippen LogP contribution in [-0.2, 0) is 28.6 Å². The molecule has 1 atom stereocenters. The van der Waals surface area contributed by atoms with Crippen LogP contribution in [0.1, 0.15) is 425 Å². The molecule has 0 radical (unpaired) electrons. The van der Waals surface area contributed by atoms with Crippen molar-refractivity contribution >= 4 is 17.9 Å². The highest BCUT2D eigenvalue weighted by molar-refractivity contribution is 5.71. The summed E-state index contributed by atoms with van der Waals surface area (Å²) >= 11 is 0. The van der Waals surface area contributed by atoms with Crippen LogP contribution in [0.5, 0.6) is 0 Å². The molecule has 0 rings (SSSR count). The van der Waals surface area contributed by atoms with Gasteiger partial charge in [0.2, 0.25) is 0 Å². The summed E-state index contributed by atoms with van der Waals surface area (Å²) in [6, 6.07) is 0. The molecule has 6 nitrogen and oxygen atoms in total. The molecule has 0 aliphatic rings. The fraction of sp³-hybridized carbons (Fsp3) is 0.908. The first kappa shape index (κ1) is 79.9. The summed E-state index contributed by atoms with van der Waals surface area (Å²) in [6.45, 7) is 6.73.